The van der Waals surface area contributed by atoms with E-state index in [-0.39, 0.29) is 0 Å². The van der Waals surface area contributed by atoms with Gasteiger partial charge in [0.1, 0.15) is 0 Å². The summed E-state index contributed by atoms with van der Waals surface area (Å²) < 4.78 is 1.86. The third kappa shape index (κ3) is 2.73. The Labute approximate surface area is 116 Å². The Kier molecular flexibility index (Phi) is 4.08. The van der Waals surface area contributed by atoms with E-state index in [1.54, 1.807) is 0 Å². The first-order valence-corrected chi connectivity index (χ1v) is 7.14. The van der Waals surface area contributed by atoms with Gasteiger partial charge >= 0.3 is 0 Å². The van der Waals surface area contributed by atoms with Crippen LogP contribution in [0.2, 0.25) is 0 Å². The Morgan fingerprint density at radius 1 is 1.21 bits per heavy atom. The van der Waals surface area contributed by atoms with Crippen molar-refractivity contribution in [1.82, 2.24) is 9.78 Å². The van der Waals surface area contributed by atoms with Gasteiger partial charge in [0, 0.05) is 18.8 Å². The van der Waals surface area contributed by atoms with Crippen molar-refractivity contribution in [1.29, 1.82) is 0 Å². The summed E-state index contributed by atoms with van der Waals surface area (Å²) in [4.78, 5) is 0. The van der Waals surface area contributed by atoms with Crippen LogP contribution in [-0.2, 0) is 7.05 Å². The highest BCUT2D eigenvalue weighted by atomic mass is 15.2. The molecule has 2 unspecified atom stereocenters. The molecule has 0 radical (unpaired) electrons. The summed E-state index contributed by atoms with van der Waals surface area (Å²) in [6, 6.07) is 8.67. The van der Waals surface area contributed by atoms with Crippen molar-refractivity contribution in [3.63, 3.8) is 0 Å². The van der Waals surface area contributed by atoms with Gasteiger partial charge in [0.2, 0.25) is 0 Å². The molecule has 2 atom stereocenters. The van der Waals surface area contributed by atoms with Gasteiger partial charge in [-0.3, -0.25) is 4.68 Å². The molecule has 1 aromatic heterocycles. The highest BCUT2D eigenvalue weighted by molar-refractivity contribution is 5.65. The van der Waals surface area contributed by atoms with Crippen LogP contribution in [0.3, 0.4) is 0 Å². The smallest absolute Gasteiger partial charge is 0.0925 e. The zero-order chi connectivity index (χ0) is 14.0. The van der Waals surface area contributed by atoms with E-state index in [9.17, 15) is 0 Å². The van der Waals surface area contributed by atoms with Gasteiger partial charge in [0.25, 0.3) is 0 Å². The quantitative estimate of drug-likeness (QED) is 0.785. The lowest BCUT2D eigenvalue weighted by Gasteiger charge is -2.22. The number of nitrogens with zero attached hydrogens (tertiary/aromatic N) is 2. The number of rotatable bonds is 4. The molecule has 0 aliphatic carbocycles. The zero-order valence-electron chi connectivity index (χ0n) is 12.6. The maximum atomic E-state index is 4.52. The van der Waals surface area contributed by atoms with Gasteiger partial charge < -0.3 is 0 Å². The van der Waals surface area contributed by atoms with E-state index in [1.807, 2.05) is 17.9 Å². The predicted octanol–water partition coefficient (Wildman–Crippen LogP) is 4.55. The molecular formula is C17H24N2. The van der Waals surface area contributed by atoms with Crippen molar-refractivity contribution in [3.8, 4) is 11.3 Å². The highest BCUT2D eigenvalue weighted by Crippen LogP contribution is 2.33. The molecule has 19 heavy (non-hydrogen) atoms. The summed E-state index contributed by atoms with van der Waals surface area (Å²) in [6.45, 7) is 9.15. The minimum Gasteiger partial charge on any atom is -0.275 e. The molecule has 0 amide bonds. The standard InChI is InChI=1S/C17H24N2/c1-6-12(2)13(3)15-8-7-9-16(14(15)4)17-10-11-19(5)18-17/h7-13H,6H2,1-5H3. The number of hydrogen-bond acceptors (Lipinski definition) is 1. The molecule has 2 heteroatoms. The lowest BCUT2D eigenvalue weighted by molar-refractivity contribution is 0.472. The lowest BCUT2D eigenvalue weighted by atomic mass is 9.83. The molecule has 0 aliphatic heterocycles. The Bertz CT molecular complexity index is 554. The monoisotopic (exact) mass is 256 g/mol. The second-order valence-electron chi connectivity index (χ2n) is 5.57. The molecule has 0 spiro atoms. The van der Waals surface area contributed by atoms with E-state index < -0.39 is 0 Å². The Morgan fingerprint density at radius 3 is 2.53 bits per heavy atom. The van der Waals surface area contributed by atoms with Crippen molar-refractivity contribution in [2.24, 2.45) is 13.0 Å². The minimum atomic E-state index is 0.591. The second-order valence-corrected chi connectivity index (χ2v) is 5.57. The van der Waals surface area contributed by atoms with Gasteiger partial charge in [-0.25, -0.2) is 0 Å². The first-order chi connectivity index (χ1) is 9.04. The first-order valence-electron chi connectivity index (χ1n) is 7.14. The van der Waals surface area contributed by atoms with E-state index in [0.29, 0.717) is 11.8 Å². The van der Waals surface area contributed by atoms with E-state index in [0.717, 1.165) is 5.69 Å². The van der Waals surface area contributed by atoms with Crippen molar-refractivity contribution >= 4 is 0 Å². The fraction of sp³-hybridized carbons (Fsp3) is 0.471. The summed E-state index contributed by atoms with van der Waals surface area (Å²) in [7, 11) is 1.96. The van der Waals surface area contributed by atoms with Gasteiger partial charge in [-0.05, 0) is 36.0 Å². The third-order valence-electron chi connectivity index (χ3n) is 4.35. The van der Waals surface area contributed by atoms with Gasteiger partial charge in [-0.1, -0.05) is 45.4 Å². The summed E-state index contributed by atoms with van der Waals surface area (Å²) in [5, 5.41) is 4.52. The van der Waals surface area contributed by atoms with Crippen LogP contribution in [0.1, 0.15) is 44.2 Å². The van der Waals surface area contributed by atoms with Crippen molar-refractivity contribution in [3.05, 3.63) is 41.6 Å². The molecule has 0 bridgehead atoms. The average molecular weight is 256 g/mol. The van der Waals surface area contributed by atoms with Gasteiger partial charge in [-0.2, -0.15) is 5.10 Å². The molecule has 2 rings (SSSR count). The SMILES string of the molecule is CCC(C)C(C)c1cccc(-c2ccn(C)n2)c1C. The summed E-state index contributed by atoms with van der Waals surface area (Å²) in [5.74, 6) is 1.30. The topological polar surface area (TPSA) is 17.8 Å². The van der Waals surface area contributed by atoms with Crippen LogP contribution in [0.15, 0.2) is 30.5 Å². The van der Waals surface area contributed by atoms with Crippen LogP contribution in [0.25, 0.3) is 11.3 Å². The molecule has 0 fully saturated rings. The number of hydrogen-bond donors (Lipinski definition) is 0. The Morgan fingerprint density at radius 2 is 1.95 bits per heavy atom. The molecule has 2 nitrogen and oxygen atoms in total. The van der Waals surface area contributed by atoms with E-state index in [4.69, 9.17) is 0 Å². The molecule has 1 aromatic carbocycles. The van der Waals surface area contributed by atoms with Crippen LogP contribution < -0.4 is 0 Å². The maximum Gasteiger partial charge on any atom is 0.0925 e. The molecule has 2 aromatic rings. The van der Waals surface area contributed by atoms with Crippen LogP contribution in [0.5, 0.6) is 0 Å². The second kappa shape index (κ2) is 5.60. The van der Waals surface area contributed by atoms with E-state index >= 15 is 0 Å². The molecule has 0 saturated carbocycles. The normalized spacial score (nSPS) is 14.4. The predicted molar refractivity (Wildman–Crippen MR) is 81.3 cm³/mol. The van der Waals surface area contributed by atoms with E-state index in [2.05, 4.69) is 57.1 Å². The first kappa shape index (κ1) is 13.9. The Hall–Kier alpha value is -1.57. The molecule has 0 N–H and O–H groups in total. The van der Waals surface area contributed by atoms with Crippen LogP contribution in [0.4, 0.5) is 0 Å². The third-order valence-corrected chi connectivity index (χ3v) is 4.35. The van der Waals surface area contributed by atoms with Crippen LogP contribution in [-0.4, -0.2) is 9.78 Å². The lowest BCUT2D eigenvalue weighted by Crippen LogP contribution is -2.07. The number of benzene rings is 1. The molecule has 0 saturated heterocycles. The molecule has 1 heterocycles. The highest BCUT2D eigenvalue weighted by Gasteiger charge is 2.17. The number of aryl methyl sites for hydroxylation is 1. The summed E-state index contributed by atoms with van der Waals surface area (Å²) in [6.07, 6.45) is 3.22. The molecule has 0 aliphatic rings. The van der Waals surface area contributed by atoms with Crippen molar-refractivity contribution < 1.29 is 0 Å². The van der Waals surface area contributed by atoms with Crippen molar-refractivity contribution in [2.45, 2.75) is 40.0 Å². The Balaban J connectivity index is 2.43. The van der Waals surface area contributed by atoms with Crippen LogP contribution >= 0.6 is 0 Å². The largest absolute Gasteiger partial charge is 0.275 e. The molecular weight excluding hydrogens is 232 g/mol. The van der Waals surface area contributed by atoms with Gasteiger partial charge in [-0.15, -0.1) is 0 Å². The van der Waals surface area contributed by atoms with Crippen LogP contribution in [0, 0.1) is 12.8 Å². The summed E-state index contributed by atoms with van der Waals surface area (Å²) in [5.41, 5.74) is 5.15. The fourth-order valence-corrected chi connectivity index (χ4v) is 2.64. The maximum absolute atomic E-state index is 4.52. The molecule has 102 valence electrons. The number of aromatic nitrogens is 2. The van der Waals surface area contributed by atoms with Crippen molar-refractivity contribution in [2.75, 3.05) is 0 Å². The minimum absolute atomic E-state index is 0.591. The fourth-order valence-electron chi connectivity index (χ4n) is 2.64. The average Bonchev–Trinajstić information content (AvgIpc) is 2.83. The van der Waals surface area contributed by atoms with Gasteiger partial charge in [0.15, 0.2) is 0 Å². The zero-order valence-corrected chi connectivity index (χ0v) is 12.6. The van der Waals surface area contributed by atoms with Gasteiger partial charge in [0.05, 0.1) is 5.69 Å². The van der Waals surface area contributed by atoms with E-state index in [1.165, 1.54) is 23.1 Å². The summed E-state index contributed by atoms with van der Waals surface area (Å²) >= 11 is 0.